The molecule has 8 nitrogen and oxygen atoms in total. The number of H-pyrrole nitrogens is 1. The van der Waals surface area contributed by atoms with Gasteiger partial charge in [-0.25, -0.2) is 19.7 Å². The molecule has 24 heavy (non-hydrogen) atoms. The summed E-state index contributed by atoms with van der Waals surface area (Å²) >= 11 is 5.16. The molecule has 3 aromatic rings. The number of hydrogen-bond acceptors (Lipinski definition) is 7. The first-order valence-corrected chi connectivity index (χ1v) is 7.41. The van der Waals surface area contributed by atoms with Crippen LogP contribution in [0.25, 0.3) is 11.2 Å². The Morgan fingerprint density at radius 1 is 1.33 bits per heavy atom. The van der Waals surface area contributed by atoms with Gasteiger partial charge in [0, 0.05) is 12.7 Å². The monoisotopic (exact) mass is 342 g/mol. The summed E-state index contributed by atoms with van der Waals surface area (Å²) in [4.78, 5) is 28.4. The molecule has 0 atom stereocenters. The topological polar surface area (TPSA) is 121 Å². The van der Waals surface area contributed by atoms with Crippen LogP contribution in [-0.2, 0) is 6.54 Å². The highest BCUT2D eigenvalue weighted by Gasteiger charge is 2.09. The van der Waals surface area contributed by atoms with Crippen molar-refractivity contribution in [2.45, 2.75) is 6.54 Å². The summed E-state index contributed by atoms with van der Waals surface area (Å²) in [5, 5.41) is 8.94. The van der Waals surface area contributed by atoms with Crippen molar-refractivity contribution in [3.8, 4) is 0 Å². The van der Waals surface area contributed by atoms with Gasteiger partial charge in [0.1, 0.15) is 5.52 Å². The fourth-order valence-electron chi connectivity index (χ4n) is 2.25. The molecule has 0 fully saturated rings. The molecule has 0 aliphatic rings. The van der Waals surface area contributed by atoms with E-state index in [1.807, 2.05) is 11.9 Å². The second kappa shape index (κ2) is 6.20. The minimum Gasteiger partial charge on any atom is -0.478 e. The van der Waals surface area contributed by atoms with Crippen molar-refractivity contribution >= 4 is 41.0 Å². The second-order valence-corrected chi connectivity index (χ2v) is 5.58. The summed E-state index contributed by atoms with van der Waals surface area (Å²) in [6.07, 6.45) is 1.63. The quantitative estimate of drug-likeness (QED) is 0.616. The van der Waals surface area contributed by atoms with E-state index in [-0.39, 0.29) is 11.5 Å². The maximum atomic E-state index is 10.9. The minimum absolute atomic E-state index is 0.199. The van der Waals surface area contributed by atoms with E-state index in [2.05, 4.69) is 19.9 Å². The lowest BCUT2D eigenvalue weighted by atomic mass is 10.2. The van der Waals surface area contributed by atoms with E-state index in [0.717, 1.165) is 5.69 Å². The Labute approximate surface area is 142 Å². The van der Waals surface area contributed by atoms with E-state index < -0.39 is 5.97 Å². The summed E-state index contributed by atoms with van der Waals surface area (Å²) in [5.41, 5.74) is 8.40. The lowest BCUT2D eigenvalue weighted by Crippen LogP contribution is -2.17. The zero-order chi connectivity index (χ0) is 17.3. The van der Waals surface area contributed by atoms with Gasteiger partial charge in [0.2, 0.25) is 5.95 Å². The predicted octanol–water partition coefficient (Wildman–Crippen LogP) is 2.00. The maximum Gasteiger partial charge on any atom is 0.335 e. The number of hydrogen-bond donors (Lipinski definition) is 3. The van der Waals surface area contributed by atoms with E-state index in [9.17, 15) is 4.79 Å². The van der Waals surface area contributed by atoms with Crippen LogP contribution in [0.15, 0.2) is 30.5 Å². The molecule has 3 rings (SSSR count). The molecule has 0 unspecified atom stereocenters. The Morgan fingerprint density at radius 3 is 2.71 bits per heavy atom. The first-order chi connectivity index (χ1) is 11.4. The normalized spacial score (nSPS) is 10.7. The Hall–Kier alpha value is -3.07. The molecule has 0 saturated carbocycles. The fraction of sp³-hybridized carbons (Fsp3) is 0.133. The summed E-state index contributed by atoms with van der Waals surface area (Å²) in [5.74, 6) is -0.754. The first-order valence-electron chi connectivity index (χ1n) is 7.00. The van der Waals surface area contributed by atoms with E-state index in [1.54, 1.807) is 30.5 Å². The van der Waals surface area contributed by atoms with Crippen molar-refractivity contribution in [1.82, 2.24) is 19.9 Å². The number of rotatable bonds is 4. The van der Waals surface area contributed by atoms with Gasteiger partial charge in [-0.1, -0.05) is 12.2 Å². The number of carboxylic acids is 1. The van der Waals surface area contributed by atoms with Gasteiger partial charge in [-0.05, 0) is 24.3 Å². The van der Waals surface area contributed by atoms with Crippen LogP contribution in [0.4, 0.5) is 11.6 Å². The maximum absolute atomic E-state index is 10.9. The fourth-order valence-corrected chi connectivity index (χ4v) is 2.49. The zero-order valence-corrected chi connectivity index (χ0v) is 13.5. The van der Waals surface area contributed by atoms with Gasteiger partial charge < -0.3 is 20.7 Å². The van der Waals surface area contributed by atoms with Crippen molar-refractivity contribution in [1.29, 1.82) is 0 Å². The number of aromatic amines is 1. The lowest BCUT2D eigenvalue weighted by molar-refractivity contribution is 0.0697. The van der Waals surface area contributed by atoms with Gasteiger partial charge in [-0.15, -0.1) is 0 Å². The Morgan fingerprint density at radius 2 is 2.04 bits per heavy atom. The molecule has 0 amide bonds. The molecule has 0 aliphatic heterocycles. The molecule has 0 spiro atoms. The molecule has 0 saturated heterocycles. The summed E-state index contributed by atoms with van der Waals surface area (Å²) in [6.45, 7) is 0.481. The van der Waals surface area contributed by atoms with E-state index in [4.69, 9.17) is 23.1 Å². The van der Waals surface area contributed by atoms with E-state index >= 15 is 0 Å². The number of anilines is 2. The average molecular weight is 342 g/mol. The lowest BCUT2D eigenvalue weighted by Gasteiger charge is -2.19. The molecule has 1 aromatic carbocycles. The second-order valence-electron chi connectivity index (χ2n) is 5.19. The highest BCUT2D eigenvalue weighted by Crippen LogP contribution is 2.17. The Kier molecular flexibility index (Phi) is 4.09. The molecule has 0 radical (unpaired) electrons. The highest BCUT2D eigenvalue weighted by molar-refractivity contribution is 7.71. The van der Waals surface area contributed by atoms with Gasteiger partial charge in [0.05, 0.1) is 24.0 Å². The Bertz CT molecular complexity index is 970. The zero-order valence-electron chi connectivity index (χ0n) is 12.7. The number of aromatic nitrogens is 4. The van der Waals surface area contributed by atoms with Crippen molar-refractivity contribution < 1.29 is 9.90 Å². The number of nitrogens with zero attached hydrogens (tertiary/aromatic N) is 4. The highest BCUT2D eigenvalue weighted by atomic mass is 32.1. The first kappa shape index (κ1) is 15.8. The number of benzene rings is 1. The third kappa shape index (κ3) is 3.15. The van der Waals surface area contributed by atoms with Crippen LogP contribution in [0, 0.1) is 4.64 Å². The molecule has 0 aliphatic carbocycles. The molecule has 0 bridgehead atoms. The number of nitrogen functional groups attached to an aromatic ring is 1. The van der Waals surface area contributed by atoms with Crippen LogP contribution in [0.2, 0.25) is 0 Å². The van der Waals surface area contributed by atoms with Crippen LogP contribution >= 0.6 is 12.2 Å². The molecule has 2 heterocycles. The van der Waals surface area contributed by atoms with Crippen molar-refractivity contribution in [3.63, 3.8) is 0 Å². The van der Waals surface area contributed by atoms with Crippen LogP contribution in [0.5, 0.6) is 0 Å². The third-order valence-corrected chi connectivity index (χ3v) is 3.73. The molecule has 9 heteroatoms. The number of fused-ring (bicyclic) bond motifs is 1. The standard InChI is InChI=1S/C15H14N6O2S/c1-21(10-4-2-8(3-5-10)14(22)23)7-9-6-17-12-11(18-9)13(24)20-15(16)19-12/h2-6H,7H2,1H3,(H,22,23)(H3,16,17,19,20,24). The minimum atomic E-state index is -0.953. The van der Waals surface area contributed by atoms with Gasteiger partial charge in [0.15, 0.2) is 10.3 Å². The summed E-state index contributed by atoms with van der Waals surface area (Å²) in [6, 6.07) is 6.60. The van der Waals surface area contributed by atoms with Gasteiger partial charge >= 0.3 is 5.97 Å². The Balaban J connectivity index is 1.86. The van der Waals surface area contributed by atoms with E-state index in [0.29, 0.717) is 28.0 Å². The van der Waals surface area contributed by atoms with Crippen molar-refractivity contribution in [2.75, 3.05) is 17.7 Å². The number of carbonyl (C=O) groups is 1. The average Bonchev–Trinajstić information content (AvgIpc) is 2.55. The van der Waals surface area contributed by atoms with Crippen LogP contribution < -0.4 is 10.6 Å². The van der Waals surface area contributed by atoms with Gasteiger partial charge in [-0.3, -0.25) is 0 Å². The van der Waals surface area contributed by atoms with Crippen molar-refractivity contribution in [3.05, 3.63) is 46.4 Å². The summed E-state index contributed by atoms with van der Waals surface area (Å²) in [7, 11) is 1.88. The number of nitrogens with one attached hydrogen (secondary N) is 1. The third-order valence-electron chi connectivity index (χ3n) is 3.45. The molecular weight excluding hydrogens is 328 g/mol. The van der Waals surface area contributed by atoms with Crippen LogP contribution in [0.1, 0.15) is 16.1 Å². The van der Waals surface area contributed by atoms with Crippen molar-refractivity contribution in [2.24, 2.45) is 0 Å². The molecule has 2 aromatic heterocycles. The number of nitrogens with two attached hydrogens (primary N) is 1. The smallest absolute Gasteiger partial charge is 0.335 e. The summed E-state index contributed by atoms with van der Waals surface area (Å²) < 4.78 is 0.295. The number of aromatic carboxylic acids is 1. The molecule has 4 N–H and O–H groups in total. The molecular formula is C15H14N6O2S. The van der Waals surface area contributed by atoms with Gasteiger partial charge in [-0.2, -0.15) is 0 Å². The van der Waals surface area contributed by atoms with Crippen LogP contribution in [0.3, 0.4) is 0 Å². The predicted molar refractivity (Wildman–Crippen MR) is 92.4 cm³/mol. The van der Waals surface area contributed by atoms with Gasteiger partial charge in [0.25, 0.3) is 0 Å². The van der Waals surface area contributed by atoms with E-state index in [1.165, 1.54) is 0 Å². The van der Waals surface area contributed by atoms with Crippen LogP contribution in [-0.4, -0.2) is 38.1 Å². The molecule has 122 valence electrons. The largest absolute Gasteiger partial charge is 0.478 e. The SMILES string of the molecule is CN(Cc1cnc2[nH]c(N)nc(=S)c2n1)c1ccc(C(=O)O)cc1. The number of carboxylic acid groups (broad SMARTS) is 1.